The lowest BCUT2D eigenvalue weighted by atomic mass is 10.2. The number of halogens is 3. The monoisotopic (exact) mass is 414 g/mol. The largest absolute Gasteiger partial charge is 0.411 e. The van der Waals surface area contributed by atoms with Crippen molar-refractivity contribution in [2.45, 2.75) is 11.0 Å². The van der Waals surface area contributed by atoms with Gasteiger partial charge in [-0.2, -0.15) is 0 Å². The number of thioether (sulfide) groups is 1. The van der Waals surface area contributed by atoms with Gasteiger partial charge in [0.2, 0.25) is 5.89 Å². The van der Waals surface area contributed by atoms with Crippen molar-refractivity contribution in [2.24, 2.45) is 0 Å². The molecule has 0 bridgehead atoms. The van der Waals surface area contributed by atoms with Crippen LogP contribution in [0.4, 0.5) is 0 Å². The molecule has 0 radical (unpaired) electrons. The van der Waals surface area contributed by atoms with Gasteiger partial charge in [-0.3, -0.25) is 0 Å². The van der Waals surface area contributed by atoms with Gasteiger partial charge in [0, 0.05) is 10.2 Å². The molecule has 0 saturated heterocycles. The molecule has 22 heavy (non-hydrogen) atoms. The maximum absolute atomic E-state index is 6.00. The van der Waals surface area contributed by atoms with Gasteiger partial charge in [0.15, 0.2) is 0 Å². The van der Waals surface area contributed by atoms with Crippen LogP contribution in [0.25, 0.3) is 11.5 Å². The van der Waals surface area contributed by atoms with Crippen LogP contribution in [0.5, 0.6) is 0 Å². The van der Waals surface area contributed by atoms with Gasteiger partial charge in [0.05, 0.1) is 15.6 Å². The van der Waals surface area contributed by atoms with Gasteiger partial charge < -0.3 is 4.42 Å². The third-order valence-corrected chi connectivity index (χ3v) is 5.18. The summed E-state index contributed by atoms with van der Waals surface area (Å²) < 4.78 is 6.59. The Bertz CT molecular complexity index is 810. The predicted octanol–water partition coefficient (Wildman–Crippen LogP) is 6.10. The van der Waals surface area contributed by atoms with Crippen LogP contribution < -0.4 is 0 Å². The van der Waals surface area contributed by atoms with E-state index < -0.39 is 0 Å². The van der Waals surface area contributed by atoms with E-state index in [-0.39, 0.29) is 0 Å². The highest BCUT2D eigenvalue weighted by Crippen LogP contribution is 2.31. The summed E-state index contributed by atoms with van der Waals surface area (Å²) in [6.45, 7) is 0. The first-order valence-electron chi connectivity index (χ1n) is 6.28. The van der Waals surface area contributed by atoms with Gasteiger partial charge >= 0.3 is 0 Å². The van der Waals surface area contributed by atoms with E-state index in [9.17, 15) is 0 Å². The molecular weight excluding hydrogens is 407 g/mol. The van der Waals surface area contributed by atoms with Gasteiger partial charge in [0.1, 0.15) is 0 Å². The van der Waals surface area contributed by atoms with Crippen LogP contribution in [-0.4, -0.2) is 10.2 Å². The molecule has 0 N–H and O–H groups in total. The lowest BCUT2D eigenvalue weighted by Gasteiger charge is -2.01. The van der Waals surface area contributed by atoms with Crippen molar-refractivity contribution in [2.75, 3.05) is 0 Å². The first-order valence-corrected chi connectivity index (χ1v) is 8.82. The smallest absolute Gasteiger partial charge is 0.277 e. The third kappa shape index (κ3) is 3.66. The van der Waals surface area contributed by atoms with E-state index in [2.05, 4.69) is 26.1 Å². The van der Waals surface area contributed by atoms with Crippen molar-refractivity contribution < 1.29 is 4.42 Å². The highest BCUT2D eigenvalue weighted by atomic mass is 79.9. The summed E-state index contributed by atoms with van der Waals surface area (Å²) in [6, 6.07) is 13.2. The minimum atomic E-state index is 0.490. The van der Waals surface area contributed by atoms with Crippen LogP contribution in [0.1, 0.15) is 5.56 Å². The molecule has 0 spiro atoms. The van der Waals surface area contributed by atoms with Crippen LogP contribution in [0.15, 0.2) is 56.6 Å². The Morgan fingerprint density at radius 3 is 2.64 bits per heavy atom. The number of rotatable bonds is 4. The Kier molecular flexibility index (Phi) is 5.08. The molecule has 3 nitrogen and oxygen atoms in total. The molecule has 112 valence electrons. The minimum Gasteiger partial charge on any atom is -0.411 e. The second kappa shape index (κ2) is 7.04. The zero-order valence-corrected chi connectivity index (χ0v) is 15.0. The first kappa shape index (κ1) is 15.9. The van der Waals surface area contributed by atoms with Crippen molar-refractivity contribution >= 4 is 50.9 Å². The number of hydrogen-bond donors (Lipinski definition) is 0. The summed E-state index contributed by atoms with van der Waals surface area (Å²) >= 11 is 16.8. The summed E-state index contributed by atoms with van der Waals surface area (Å²) in [5.41, 5.74) is 1.91. The summed E-state index contributed by atoms with van der Waals surface area (Å²) in [6.07, 6.45) is 0. The molecule has 3 aromatic rings. The third-order valence-electron chi connectivity index (χ3n) is 2.86. The second-order valence-electron chi connectivity index (χ2n) is 4.39. The van der Waals surface area contributed by atoms with Crippen molar-refractivity contribution in [3.05, 3.63) is 62.5 Å². The molecule has 0 atom stereocenters. The van der Waals surface area contributed by atoms with Gasteiger partial charge in [-0.05, 0) is 45.8 Å². The van der Waals surface area contributed by atoms with Crippen LogP contribution in [-0.2, 0) is 5.75 Å². The molecule has 0 aliphatic carbocycles. The van der Waals surface area contributed by atoms with E-state index in [1.165, 1.54) is 11.8 Å². The number of benzene rings is 2. The van der Waals surface area contributed by atoms with E-state index in [4.69, 9.17) is 27.6 Å². The zero-order chi connectivity index (χ0) is 15.5. The Labute approximate surface area is 150 Å². The molecule has 2 aromatic carbocycles. The average Bonchev–Trinajstić information content (AvgIpc) is 2.98. The standard InChI is InChI=1S/C15H9BrCl2N2OS/c16-11-4-2-1-3-10(11)14-19-20-15(21-14)22-8-9-5-6-12(17)13(18)7-9/h1-7H,8H2. The fourth-order valence-corrected chi connectivity index (χ4v) is 3.27. The number of nitrogens with zero attached hydrogens (tertiary/aromatic N) is 2. The highest BCUT2D eigenvalue weighted by molar-refractivity contribution is 9.10. The molecule has 1 aromatic heterocycles. The SMILES string of the molecule is Clc1ccc(CSc2nnc(-c3ccccc3Br)o2)cc1Cl. The summed E-state index contributed by atoms with van der Waals surface area (Å²) in [4.78, 5) is 0. The maximum atomic E-state index is 6.00. The summed E-state index contributed by atoms with van der Waals surface area (Å²) in [5.74, 6) is 1.17. The quantitative estimate of drug-likeness (QED) is 0.482. The van der Waals surface area contributed by atoms with E-state index in [0.717, 1.165) is 15.6 Å². The normalized spacial score (nSPS) is 10.9. The minimum absolute atomic E-state index is 0.490. The van der Waals surface area contributed by atoms with Gasteiger partial charge in [-0.15, -0.1) is 10.2 Å². The number of hydrogen-bond acceptors (Lipinski definition) is 4. The van der Waals surface area contributed by atoms with Gasteiger partial charge in [-0.1, -0.05) is 53.2 Å². The molecule has 0 aliphatic heterocycles. The van der Waals surface area contributed by atoms with Crippen molar-refractivity contribution in [1.82, 2.24) is 10.2 Å². The van der Waals surface area contributed by atoms with Crippen LogP contribution in [0.2, 0.25) is 10.0 Å². The molecule has 7 heteroatoms. The van der Waals surface area contributed by atoms with E-state index in [1.54, 1.807) is 6.07 Å². The van der Waals surface area contributed by atoms with Crippen LogP contribution >= 0.6 is 50.9 Å². The maximum Gasteiger partial charge on any atom is 0.277 e. The lowest BCUT2D eigenvalue weighted by molar-refractivity contribution is 0.465. The molecule has 0 unspecified atom stereocenters. The fourth-order valence-electron chi connectivity index (χ4n) is 1.79. The topological polar surface area (TPSA) is 38.9 Å². The first-order chi connectivity index (χ1) is 10.6. The Morgan fingerprint density at radius 1 is 1.05 bits per heavy atom. The Morgan fingerprint density at radius 2 is 1.86 bits per heavy atom. The molecule has 3 rings (SSSR count). The molecule has 0 saturated carbocycles. The second-order valence-corrected chi connectivity index (χ2v) is 6.99. The van der Waals surface area contributed by atoms with Crippen LogP contribution in [0, 0.1) is 0 Å². The van der Waals surface area contributed by atoms with Crippen molar-refractivity contribution in [1.29, 1.82) is 0 Å². The van der Waals surface area contributed by atoms with Gasteiger partial charge in [0.25, 0.3) is 5.22 Å². The zero-order valence-electron chi connectivity index (χ0n) is 11.1. The molecular formula is C15H9BrCl2N2OS. The Balaban J connectivity index is 1.72. The van der Waals surface area contributed by atoms with E-state index in [0.29, 0.717) is 26.9 Å². The summed E-state index contributed by atoms with van der Waals surface area (Å²) in [5, 5.41) is 9.73. The Hall–Kier alpha value is -1.01. The number of aromatic nitrogens is 2. The highest BCUT2D eigenvalue weighted by Gasteiger charge is 2.12. The van der Waals surface area contributed by atoms with Crippen molar-refractivity contribution in [3.63, 3.8) is 0 Å². The van der Waals surface area contributed by atoms with Crippen molar-refractivity contribution in [3.8, 4) is 11.5 Å². The summed E-state index contributed by atoms with van der Waals surface area (Å²) in [7, 11) is 0. The molecule has 0 aliphatic rings. The fraction of sp³-hybridized carbons (Fsp3) is 0.0667. The molecule has 0 amide bonds. The van der Waals surface area contributed by atoms with E-state index in [1.807, 2.05) is 36.4 Å². The predicted molar refractivity (Wildman–Crippen MR) is 93.5 cm³/mol. The lowest BCUT2D eigenvalue weighted by Crippen LogP contribution is -1.81. The van der Waals surface area contributed by atoms with Gasteiger partial charge in [-0.25, -0.2) is 0 Å². The van der Waals surface area contributed by atoms with E-state index >= 15 is 0 Å². The average molecular weight is 416 g/mol. The van der Waals surface area contributed by atoms with Crippen LogP contribution in [0.3, 0.4) is 0 Å². The molecule has 0 fully saturated rings. The molecule has 1 heterocycles.